The van der Waals surface area contributed by atoms with Gasteiger partial charge in [0.2, 0.25) is 5.16 Å². The molecule has 1 amide bonds. The molecule has 248 valence electrons. The molecule has 5 aromatic rings. The number of phenolic OH excluding ortho intramolecular Hbond substituents is 1. The fourth-order valence-corrected chi connectivity index (χ4v) is 6.74. The molecule has 1 saturated heterocycles. The Bertz CT molecular complexity index is 2030. The summed E-state index contributed by atoms with van der Waals surface area (Å²) >= 11 is 1.42. The molecule has 0 aliphatic carbocycles. The number of aliphatic hydroxyl groups is 1. The average Bonchev–Trinajstić information content (AvgIpc) is 3.71. The molecule has 14 heteroatoms. The van der Waals surface area contributed by atoms with Gasteiger partial charge in [-0.25, -0.2) is 9.59 Å². The molecule has 1 fully saturated rings. The van der Waals surface area contributed by atoms with Crippen molar-refractivity contribution in [1.82, 2.24) is 20.2 Å². The van der Waals surface area contributed by atoms with Crippen molar-refractivity contribution in [2.75, 3.05) is 11.1 Å². The summed E-state index contributed by atoms with van der Waals surface area (Å²) in [6.45, 7) is 1.97. The van der Waals surface area contributed by atoms with E-state index in [1.54, 1.807) is 47.1 Å². The van der Waals surface area contributed by atoms with Gasteiger partial charge < -0.3 is 29.7 Å². The van der Waals surface area contributed by atoms with E-state index in [-0.39, 0.29) is 47.2 Å². The predicted octanol–water partition coefficient (Wildman–Crippen LogP) is 5.01. The van der Waals surface area contributed by atoms with Gasteiger partial charge in [0.15, 0.2) is 6.29 Å². The third kappa shape index (κ3) is 6.67. The summed E-state index contributed by atoms with van der Waals surface area (Å²) in [7, 11) is 0. The summed E-state index contributed by atoms with van der Waals surface area (Å²) in [5.41, 5.74) is 3.87. The second kappa shape index (κ2) is 13.6. The minimum atomic E-state index is -0.810. The van der Waals surface area contributed by atoms with Crippen molar-refractivity contribution in [3.8, 4) is 11.4 Å². The smallest absolute Gasteiger partial charge is 0.346 e. The van der Waals surface area contributed by atoms with E-state index in [2.05, 4.69) is 25.6 Å². The van der Waals surface area contributed by atoms with Crippen LogP contribution in [-0.2, 0) is 20.8 Å². The highest BCUT2D eigenvalue weighted by atomic mass is 32.2. The van der Waals surface area contributed by atoms with E-state index in [4.69, 9.17) is 9.47 Å². The predicted molar refractivity (Wildman–Crippen MR) is 175 cm³/mol. The first-order valence-electron chi connectivity index (χ1n) is 15.3. The number of tetrazole rings is 1. The summed E-state index contributed by atoms with van der Waals surface area (Å²) in [6, 6.07) is 25.4. The van der Waals surface area contributed by atoms with Crippen LogP contribution >= 0.6 is 11.8 Å². The molecule has 1 unspecified atom stereocenters. The van der Waals surface area contributed by atoms with Gasteiger partial charge in [-0.2, -0.15) is 4.68 Å². The highest BCUT2D eigenvalue weighted by molar-refractivity contribution is 7.99. The standard InChI is InChI=1S/C35H29N5O8S/c1-19-29(18-49-35-37-38-39-40(35)25-10-12-26(42)13-11-25)46-34(47-30(19)21-7-5-20(17-41)6-8-21)23-3-2-4-24(15-23)36-31(43)22-9-14-27-28(16-22)33(45)48-32(27)44/h2-16,19,29-30,34,41-42H,17-18H2,1H3,(H,36,43)/t19-,29+,30+,34?/m0/s1. The molecule has 0 saturated carbocycles. The number of aromatic nitrogens is 4. The highest BCUT2D eigenvalue weighted by Gasteiger charge is 2.39. The first-order valence-corrected chi connectivity index (χ1v) is 16.3. The van der Waals surface area contributed by atoms with Crippen LogP contribution in [0.1, 0.15) is 67.1 Å². The van der Waals surface area contributed by atoms with Crippen LogP contribution in [0.4, 0.5) is 5.69 Å². The fraction of sp³-hybridized carbons (Fsp3) is 0.200. The van der Waals surface area contributed by atoms with Gasteiger partial charge >= 0.3 is 11.9 Å². The zero-order valence-corrected chi connectivity index (χ0v) is 26.7. The Morgan fingerprint density at radius 3 is 2.47 bits per heavy atom. The van der Waals surface area contributed by atoms with Crippen LogP contribution in [0.15, 0.2) is 96.2 Å². The molecule has 4 aromatic carbocycles. The van der Waals surface area contributed by atoms with E-state index in [1.165, 1.54) is 30.0 Å². The number of phenols is 1. The van der Waals surface area contributed by atoms with Crippen molar-refractivity contribution in [3.05, 3.63) is 124 Å². The van der Waals surface area contributed by atoms with E-state index in [0.29, 0.717) is 27.8 Å². The van der Waals surface area contributed by atoms with E-state index >= 15 is 0 Å². The number of benzene rings is 4. The largest absolute Gasteiger partial charge is 0.508 e. The van der Waals surface area contributed by atoms with Crippen LogP contribution in [0.25, 0.3) is 5.69 Å². The van der Waals surface area contributed by atoms with Gasteiger partial charge in [0.1, 0.15) is 5.75 Å². The number of cyclic esters (lactones) is 2. The average molecular weight is 680 g/mol. The number of carbonyl (C=O) groups is 3. The lowest BCUT2D eigenvalue weighted by Gasteiger charge is -2.41. The van der Waals surface area contributed by atoms with Crippen LogP contribution in [0.2, 0.25) is 0 Å². The number of nitrogens with zero attached hydrogens (tertiary/aromatic N) is 4. The number of esters is 2. The van der Waals surface area contributed by atoms with Crippen molar-refractivity contribution in [1.29, 1.82) is 0 Å². The molecule has 3 N–H and O–H groups in total. The van der Waals surface area contributed by atoms with Crippen LogP contribution in [0.5, 0.6) is 5.75 Å². The van der Waals surface area contributed by atoms with Crippen molar-refractivity contribution >= 4 is 35.3 Å². The number of thioether (sulfide) groups is 1. The summed E-state index contributed by atoms with van der Waals surface area (Å²) in [4.78, 5) is 37.0. The number of carbonyl (C=O) groups excluding carboxylic acids is 3. The number of aliphatic hydroxyl groups excluding tert-OH is 1. The number of fused-ring (bicyclic) bond motifs is 1. The Morgan fingerprint density at radius 2 is 1.69 bits per heavy atom. The molecule has 7 rings (SSSR count). The summed E-state index contributed by atoms with van der Waals surface area (Å²) in [5, 5.41) is 34.8. The van der Waals surface area contributed by atoms with Gasteiger partial charge in [0, 0.05) is 28.5 Å². The van der Waals surface area contributed by atoms with Gasteiger partial charge in [-0.15, -0.1) is 5.10 Å². The summed E-state index contributed by atoms with van der Waals surface area (Å²) < 4.78 is 19.4. The molecule has 0 radical (unpaired) electrons. The second-order valence-electron chi connectivity index (χ2n) is 11.5. The Kier molecular flexibility index (Phi) is 8.93. The highest BCUT2D eigenvalue weighted by Crippen LogP contribution is 2.43. The number of hydrogen-bond donors (Lipinski definition) is 3. The molecule has 0 spiro atoms. The lowest BCUT2D eigenvalue weighted by atomic mass is 9.91. The Labute approximate surface area is 283 Å². The molecule has 49 heavy (non-hydrogen) atoms. The number of rotatable bonds is 9. The van der Waals surface area contributed by atoms with Crippen molar-refractivity contribution < 1.29 is 38.8 Å². The lowest BCUT2D eigenvalue weighted by molar-refractivity contribution is -0.268. The zero-order chi connectivity index (χ0) is 34.1. The first kappa shape index (κ1) is 32.2. The monoisotopic (exact) mass is 679 g/mol. The molecule has 13 nitrogen and oxygen atoms in total. The van der Waals surface area contributed by atoms with Crippen molar-refractivity contribution in [3.63, 3.8) is 0 Å². The minimum absolute atomic E-state index is 0.0450. The third-order valence-electron chi connectivity index (χ3n) is 8.36. The molecule has 2 aliphatic rings. The first-order chi connectivity index (χ1) is 23.8. The second-order valence-corrected chi connectivity index (χ2v) is 12.5. The van der Waals surface area contributed by atoms with Gasteiger partial charge in [0.05, 0.1) is 35.6 Å². The number of ether oxygens (including phenoxy) is 3. The van der Waals surface area contributed by atoms with Gasteiger partial charge in [0.25, 0.3) is 5.91 Å². The maximum absolute atomic E-state index is 13.2. The minimum Gasteiger partial charge on any atom is -0.508 e. The Hall–Kier alpha value is -5.41. The third-order valence-corrected chi connectivity index (χ3v) is 9.37. The van der Waals surface area contributed by atoms with Crippen molar-refractivity contribution in [2.24, 2.45) is 5.92 Å². The van der Waals surface area contributed by atoms with E-state index in [9.17, 15) is 24.6 Å². The van der Waals surface area contributed by atoms with E-state index < -0.39 is 24.1 Å². The van der Waals surface area contributed by atoms with Crippen molar-refractivity contribution in [2.45, 2.75) is 37.2 Å². The normalized spacial score (nSPS) is 20.1. The topological polar surface area (TPSA) is 175 Å². The molecular weight excluding hydrogens is 650 g/mol. The molecule has 3 heterocycles. The molecule has 0 bridgehead atoms. The van der Waals surface area contributed by atoms with Gasteiger partial charge in [-0.1, -0.05) is 55.1 Å². The lowest BCUT2D eigenvalue weighted by Crippen LogP contribution is -2.38. The number of aromatic hydroxyl groups is 1. The maximum atomic E-state index is 13.2. The van der Waals surface area contributed by atoms with Gasteiger partial charge in [-0.05, 0) is 76.2 Å². The molecule has 1 aromatic heterocycles. The SMILES string of the molecule is C[C@H]1[C@@H](CSc2nnnn2-c2ccc(O)cc2)OC(c2cccc(NC(=O)c3ccc4c(c3)C(=O)OC4=O)c2)O[C@H]1c1ccc(CO)cc1. The van der Waals surface area contributed by atoms with Crippen LogP contribution in [-0.4, -0.2) is 60.1 Å². The number of hydrogen-bond acceptors (Lipinski definition) is 12. The van der Waals surface area contributed by atoms with E-state index in [0.717, 1.165) is 11.1 Å². The summed E-state index contributed by atoms with van der Waals surface area (Å²) in [5.74, 6) is -1.50. The number of nitrogens with one attached hydrogen (secondary N) is 1. The quantitative estimate of drug-likeness (QED) is 0.108. The number of anilines is 1. The maximum Gasteiger partial charge on any atom is 0.346 e. The van der Waals surface area contributed by atoms with Crippen LogP contribution < -0.4 is 5.32 Å². The number of amides is 1. The zero-order valence-electron chi connectivity index (χ0n) is 25.9. The Balaban J connectivity index is 1.12. The van der Waals surface area contributed by atoms with E-state index in [1.807, 2.05) is 37.3 Å². The molecular formula is C35H29N5O8S. The molecule has 4 atom stereocenters. The van der Waals surface area contributed by atoms with Crippen LogP contribution in [0.3, 0.4) is 0 Å². The summed E-state index contributed by atoms with van der Waals surface area (Å²) in [6.07, 6.45) is -1.52. The van der Waals surface area contributed by atoms with Crippen LogP contribution in [0, 0.1) is 5.92 Å². The Morgan fingerprint density at radius 1 is 0.918 bits per heavy atom. The molecule has 2 aliphatic heterocycles. The van der Waals surface area contributed by atoms with Gasteiger partial charge in [-0.3, -0.25) is 4.79 Å². The fourth-order valence-electron chi connectivity index (χ4n) is 5.68.